The first-order valence-corrected chi connectivity index (χ1v) is 6.39. The van der Waals surface area contributed by atoms with Gasteiger partial charge in [-0.25, -0.2) is 9.78 Å². The number of carbonyl (C=O) groups is 2. The number of anilines is 1. The van der Waals surface area contributed by atoms with Gasteiger partial charge in [0, 0.05) is 5.38 Å². The summed E-state index contributed by atoms with van der Waals surface area (Å²) in [4.78, 5) is 26.6. The highest BCUT2D eigenvalue weighted by Crippen LogP contribution is 2.17. The van der Waals surface area contributed by atoms with E-state index in [1.54, 1.807) is 19.2 Å². The van der Waals surface area contributed by atoms with E-state index in [2.05, 4.69) is 15.0 Å². The van der Waals surface area contributed by atoms with Crippen LogP contribution in [-0.2, 0) is 25.5 Å². The van der Waals surface area contributed by atoms with Gasteiger partial charge in [-0.1, -0.05) is 0 Å². The van der Waals surface area contributed by atoms with Crippen molar-refractivity contribution >= 4 is 28.4 Å². The van der Waals surface area contributed by atoms with Crippen molar-refractivity contribution < 1.29 is 19.1 Å². The van der Waals surface area contributed by atoms with Crippen molar-refractivity contribution in [3.63, 3.8) is 0 Å². The second-order valence-electron chi connectivity index (χ2n) is 3.51. The van der Waals surface area contributed by atoms with Crippen molar-refractivity contribution in [2.24, 2.45) is 0 Å². The van der Waals surface area contributed by atoms with Crippen LogP contribution in [0.4, 0.5) is 5.13 Å². The third-order valence-electron chi connectivity index (χ3n) is 2.08. The molecule has 0 radical (unpaired) electrons. The van der Waals surface area contributed by atoms with Crippen LogP contribution in [0.15, 0.2) is 5.38 Å². The molecule has 0 aliphatic carbocycles. The normalized spacial score (nSPS) is 11.7. The molecule has 0 spiro atoms. The maximum atomic E-state index is 11.2. The van der Waals surface area contributed by atoms with E-state index in [0.29, 0.717) is 17.4 Å². The summed E-state index contributed by atoms with van der Waals surface area (Å²) in [6.45, 7) is 3.79. The fourth-order valence-electron chi connectivity index (χ4n) is 1.24. The van der Waals surface area contributed by atoms with Gasteiger partial charge in [-0.2, -0.15) is 0 Å². The van der Waals surface area contributed by atoms with E-state index < -0.39 is 6.04 Å². The molecule has 1 rings (SSSR count). The number of aromatic nitrogens is 1. The zero-order valence-corrected chi connectivity index (χ0v) is 11.4. The first-order chi connectivity index (χ1) is 8.56. The minimum Gasteiger partial charge on any atom is -0.467 e. The largest absolute Gasteiger partial charge is 0.467 e. The van der Waals surface area contributed by atoms with Crippen LogP contribution in [0.25, 0.3) is 0 Å². The lowest BCUT2D eigenvalue weighted by atomic mass is 10.3. The zero-order chi connectivity index (χ0) is 13.5. The second-order valence-corrected chi connectivity index (χ2v) is 4.37. The molecule has 100 valence electrons. The molecule has 1 atom stereocenters. The highest BCUT2D eigenvalue weighted by Gasteiger charge is 2.15. The van der Waals surface area contributed by atoms with Crippen LogP contribution in [0.1, 0.15) is 19.5 Å². The minimum absolute atomic E-state index is 0.138. The second kappa shape index (κ2) is 6.95. The lowest BCUT2D eigenvalue weighted by Gasteiger charge is -2.09. The summed E-state index contributed by atoms with van der Waals surface area (Å²) in [6, 6.07) is -0.475. The minimum atomic E-state index is -0.475. The summed E-state index contributed by atoms with van der Waals surface area (Å²) >= 11 is 1.33. The van der Waals surface area contributed by atoms with Gasteiger partial charge in [0.1, 0.15) is 6.04 Å². The Bertz CT molecular complexity index is 419. The van der Waals surface area contributed by atoms with Crippen LogP contribution in [0.5, 0.6) is 0 Å². The number of ether oxygens (including phenoxy) is 2. The number of methoxy groups -OCH3 is 1. The highest BCUT2D eigenvalue weighted by molar-refractivity contribution is 7.13. The maximum Gasteiger partial charge on any atom is 0.328 e. The Morgan fingerprint density at radius 1 is 1.56 bits per heavy atom. The monoisotopic (exact) mass is 272 g/mol. The Hall–Kier alpha value is -1.63. The summed E-state index contributed by atoms with van der Waals surface area (Å²) in [5.41, 5.74) is 0.623. The van der Waals surface area contributed by atoms with Gasteiger partial charge in [0.05, 0.1) is 25.8 Å². The predicted octanol–water partition coefficient (Wildman–Crippen LogP) is 1.22. The molecule has 1 unspecified atom stereocenters. The number of hydrogen-bond donors (Lipinski definition) is 1. The molecule has 6 nitrogen and oxygen atoms in total. The van der Waals surface area contributed by atoms with E-state index in [1.807, 2.05) is 0 Å². The van der Waals surface area contributed by atoms with E-state index in [0.717, 1.165) is 0 Å². The number of nitrogens with one attached hydrogen (secondary N) is 1. The molecule has 0 aliphatic heterocycles. The van der Waals surface area contributed by atoms with Gasteiger partial charge in [-0.3, -0.25) is 4.79 Å². The molecule has 0 saturated carbocycles. The Morgan fingerprint density at radius 3 is 2.89 bits per heavy atom. The molecule has 7 heteroatoms. The fraction of sp³-hybridized carbons (Fsp3) is 0.545. The van der Waals surface area contributed by atoms with Gasteiger partial charge in [-0.15, -0.1) is 11.3 Å². The number of esters is 2. The van der Waals surface area contributed by atoms with Crippen molar-refractivity contribution in [2.45, 2.75) is 26.3 Å². The molecule has 1 aromatic rings. The molecule has 0 amide bonds. The van der Waals surface area contributed by atoms with Crippen molar-refractivity contribution in [1.82, 2.24) is 4.98 Å². The van der Waals surface area contributed by atoms with Gasteiger partial charge < -0.3 is 14.8 Å². The van der Waals surface area contributed by atoms with Crippen LogP contribution in [0.2, 0.25) is 0 Å². The third-order valence-corrected chi connectivity index (χ3v) is 2.90. The smallest absolute Gasteiger partial charge is 0.328 e. The lowest BCUT2D eigenvalue weighted by Crippen LogP contribution is -2.27. The zero-order valence-electron chi connectivity index (χ0n) is 10.6. The van der Waals surface area contributed by atoms with Gasteiger partial charge in [-0.05, 0) is 13.8 Å². The summed E-state index contributed by atoms with van der Waals surface area (Å²) < 4.78 is 9.41. The fourth-order valence-corrected chi connectivity index (χ4v) is 2.03. The molecule has 0 bridgehead atoms. The Morgan fingerprint density at radius 2 is 2.28 bits per heavy atom. The van der Waals surface area contributed by atoms with E-state index in [9.17, 15) is 9.59 Å². The standard InChI is InChI=1S/C11H16N2O4S/c1-4-17-9(14)5-8-6-18-11(13-8)12-7(2)10(15)16-3/h6-7H,4-5H2,1-3H3,(H,12,13). The Kier molecular flexibility index (Phi) is 5.57. The van der Waals surface area contributed by atoms with Crippen molar-refractivity contribution in [3.8, 4) is 0 Å². The molecule has 0 fully saturated rings. The Balaban J connectivity index is 2.53. The summed E-state index contributed by atoms with van der Waals surface area (Å²) in [5, 5.41) is 5.23. The molecule has 18 heavy (non-hydrogen) atoms. The van der Waals surface area contributed by atoms with Crippen LogP contribution in [0, 0.1) is 0 Å². The molecule has 0 aliphatic rings. The first kappa shape index (κ1) is 14.4. The SMILES string of the molecule is CCOC(=O)Cc1csc(NC(C)C(=O)OC)n1. The summed E-state index contributed by atoms with van der Waals surface area (Å²) in [6.07, 6.45) is 0.138. The molecule has 1 aromatic heterocycles. The van der Waals surface area contributed by atoms with Crippen LogP contribution in [-0.4, -0.2) is 36.7 Å². The average Bonchev–Trinajstić information content (AvgIpc) is 2.75. The molecule has 0 aromatic carbocycles. The third kappa shape index (κ3) is 4.33. The number of carbonyl (C=O) groups excluding carboxylic acids is 2. The summed E-state index contributed by atoms with van der Waals surface area (Å²) in [5.74, 6) is -0.674. The van der Waals surface area contributed by atoms with Gasteiger partial charge in [0.25, 0.3) is 0 Å². The van der Waals surface area contributed by atoms with Gasteiger partial charge in [0.15, 0.2) is 5.13 Å². The van der Waals surface area contributed by atoms with Crippen LogP contribution >= 0.6 is 11.3 Å². The molecular formula is C11H16N2O4S. The van der Waals surface area contributed by atoms with E-state index >= 15 is 0 Å². The lowest BCUT2D eigenvalue weighted by molar-refractivity contribution is -0.142. The van der Waals surface area contributed by atoms with Crippen LogP contribution in [0.3, 0.4) is 0 Å². The van der Waals surface area contributed by atoms with Crippen molar-refractivity contribution in [3.05, 3.63) is 11.1 Å². The number of nitrogens with zero attached hydrogens (tertiary/aromatic N) is 1. The number of hydrogen-bond acceptors (Lipinski definition) is 7. The molecule has 0 saturated heterocycles. The van der Waals surface area contributed by atoms with E-state index in [4.69, 9.17) is 4.74 Å². The van der Waals surface area contributed by atoms with Crippen molar-refractivity contribution in [2.75, 3.05) is 19.0 Å². The topological polar surface area (TPSA) is 77.5 Å². The predicted molar refractivity (Wildman–Crippen MR) is 67.6 cm³/mol. The number of thiazole rings is 1. The van der Waals surface area contributed by atoms with Gasteiger partial charge >= 0.3 is 11.9 Å². The average molecular weight is 272 g/mol. The van der Waals surface area contributed by atoms with Gasteiger partial charge in [0.2, 0.25) is 0 Å². The first-order valence-electron chi connectivity index (χ1n) is 5.51. The van der Waals surface area contributed by atoms with E-state index in [1.165, 1.54) is 18.4 Å². The van der Waals surface area contributed by atoms with E-state index in [-0.39, 0.29) is 18.4 Å². The van der Waals surface area contributed by atoms with Crippen LogP contribution < -0.4 is 5.32 Å². The van der Waals surface area contributed by atoms with Crippen molar-refractivity contribution in [1.29, 1.82) is 0 Å². The molecule has 1 heterocycles. The molecule has 1 N–H and O–H groups in total. The Labute approximate surface area is 109 Å². The quantitative estimate of drug-likeness (QED) is 0.785. The summed E-state index contributed by atoms with van der Waals surface area (Å²) in [7, 11) is 1.33. The molecular weight excluding hydrogens is 256 g/mol. The number of rotatable bonds is 6. The maximum absolute atomic E-state index is 11.2. The highest BCUT2D eigenvalue weighted by atomic mass is 32.1.